The molecule has 2 aromatic carbocycles. The Hall–Kier alpha value is -3.94. The Labute approximate surface area is 197 Å². The van der Waals surface area contributed by atoms with Crippen LogP contribution in [0.3, 0.4) is 0 Å². The van der Waals surface area contributed by atoms with Crippen LogP contribution < -0.4 is 10.6 Å². The molecule has 4 rings (SSSR count). The number of non-ortho nitro benzene ring substituents is 1. The molecule has 0 fully saturated rings. The van der Waals surface area contributed by atoms with Crippen molar-refractivity contribution in [1.82, 2.24) is 0 Å². The molecule has 2 N–H and O–H groups in total. The van der Waals surface area contributed by atoms with Gasteiger partial charge in [0.15, 0.2) is 5.78 Å². The lowest BCUT2D eigenvalue weighted by Crippen LogP contribution is -2.43. The fraction of sp³-hybridized carbons (Fsp3) is 0.308. The first-order chi connectivity index (χ1) is 16.1. The van der Waals surface area contributed by atoms with E-state index in [1.54, 1.807) is 24.0 Å². The number of nitro benzene ring substituents is 1. The highest BCUT2D eigenvalue weighted by atomic mass is 16.6. The minimum Gasteiger partial charge on any atom is -0.463 e. The van der Waals surface area contributed by atoms with Gasteiger partial charge in [0.2, 0.25) is 0 Å². The smallest absolute Gasteiger partial charge is 0.338 e. The normalized spacial score (nSPS) is 19.7. The average Bonchev–Trinajstić information content (AvgIpc) is 2.78. The molecule has 8 nitrogen and oxygen atoms in total. The number of carbonyl (C=O) groups is 2. The summed E-state index contributed by atoms with van der Waals surface area (Å²) in [5, 5.41) is 11.5. The highest BCUT2D eigenvalue weighted by Gasteiger charge is 2.46. The van der Waals surface area contributed by atoms with Crippen molar-refractivity contribution in [3.63, 3.8) is 0 Å². The van der Waals surface area contributed by atoms with Crippen molar-refractivity contribution in [2.24, 2.45) is 11.1 Å². The van der Waals surface area contributed by atoms with Gasteiger partial charge in [0.25, 0.3) is 5.69 Å². The van der Waals surface area contributed by atoms with Gasteiger partial charge in [-0.15, -0.1) is 0 Å². The van der Waals surface area contributed by atoms with Crippen LogP contribution in [0.25, 0.3) is 0 Å². The second-order valence-electron chi connectivity index (χ2n) is 9.28. The summed E-state index contributed by atoms with van der Waals surface area (Å²) in [6.45, 7) is 5.84. The van der Waals surface area contributed by atoms with Gasteiger partial charge in [0.05, 0.1) is 28.7 Å². The Balaban J connectivity index is 2.03. The number of anilines is 1. The summed E-state index contributed by atoms with van der Waals surface area (Å²) >= 11 is 0. The molecule has 0 amide bonds. The lowest BCUT2D eigenvalue weighted by Gasteiger charge is -2.44. The molecule has 1 atom stereocenters. The molecule has 1 heterocycles. The number of ketones is 1. The Morgan fingerprint density at radius 2 is 1.88 bits per heavy atom. The second-order valence-corrected chi connectivity index (χ2v) is 9.28. The maximum atomic E-state index is 13.6. The highest BCUT2D eigenvalue weighted by molar-refractivity contribution is 6.05. The van der Waals surface area contributed by atoms with Gasteiger partial charge in [0.1, 0.15) is 5.82 Å². The van der Waals surface area contributed by atoms with Crippen molar-refractivity contribution in [3.05, 3.63) is 92.9 Å². The van der Waals surface area contributed by atoms with E-state index in [4.69, 9.17) is 10.5 Å². The fourth-order valence-corrected chi connectivity index (χ4v) is 4.84. The predicted molar refractivity (Wildman–Crippen MR) is 128 cm³/mol. The molecule has 0 unspecified atom stereocenters. The van der Waals surface area contributed by atoms with Crippen LogP contribution in [-0.4, -0.2) is 23.3 Å². The third kappa shape index (κ3) is 4.07. The minimum absolute atomic E-state index is 0.0789. The quantitative estimate of drug-likeness (QED) is 0.394. The van der Waals surface area contributed by atoms with Crippen molar-refractivity contribution in [1.29, 1.82) is 0 Å². The zero-order valence-corrected chi connectivity index (χ0v) is 19.4. The van der Waals surface area contributed by atoms with E-state index in [1.807, 2.05) is 44.2 Å². The Bertz CT molecular complexity index is 1230. The van der Waals surface area contributed by atoms with E-state index in [-0.39, 0.29) is 34.9 Å². The van der Waals surface area contributed by atoms with Crippen LogP contribution >= 0.6 is 0 Å². The summed E-state index contributed by atoms with van der Waals surface area (Å²) in [6.07, 6.45) is 0.824. The minimum atomic E-state index is -0.686. The molecular formula is C26H27N3O5. The number of carbonyl (C=O) groups excluding carboxylic acids is 2. The molecule has 0 saturated carbocycles. The van der Waals surface area contributed by atoms with Crippen LogP contribution in [-0.2, 0) is 14.3 Å². The molecule has 2 aliphatic rings. The van der Waals surface area contributed by atoms with Crippen LogP contribution in [0.5, 0.6) is 0 Å². The predicted octanol–water partition coefficient (Wildman–Crippen LogP) is 4.58. The molecule has 0 saturated heterocycles. The first-order valence-corrected chi connectivity index (χ1v) is 11.2. The lowest BCUT2D eigenvalue weighted by atomic mass is 9.68. The van der Waals surface area contributed by atoms with Gasteiger partial charge in [-0.1, -0.05) is 50.2 Å². The number of allylic oxidation sites excluding steroid dienone is 2. The fourth-order valence-electron chi connectivity index (χ4n) is 4.84. The van der Waals surface area contributed by atoms with E-state index in [1.165, 1.54) is 12.1 Å². The summed E-state index contributed by atoms with van der Waals surface area (Å²) in [7, 11) is 0. The summed E-state index contributed by atoms with van der Waals surface area (Å²) in [5.41, 5.74) is 8.67. The number of rotatable bonds is 5. The van der Waals surface area contributed by atoms with Crippen molar-refractivity contribution < 1.29 is 19.2 Å². The SMILES string of the molecule is CCOC(=O)C1=C(N)N(c2cccc([N+](=O)[O-])c2)C2=C(C(=O)CC(C)(C)C2)[C@@H]1c1ccccc1. The largest absolute Gasteiger partial charge is 0.463 e. The highest BCUT2D eigenvalue weighted by Crippen LogP contribution is 2.50. The third-order valence-electron chi connectivity index (χ3n) is 6.19. The van der Waals surface area contributed by atoms with Crippen LogP contribution in [0.1, 0.15) is 45.1 Å². The molecule has 0 bridgehead atoms. The van der Waals surface area contributed by atoms with E-state index in [0.717, 1.165) is 5.56 Å². The van der Waals surface area contributed by atoms with Gasteiger partial charge >= 0.3 is 5.97 Å². The lowest BCUT2D eigenvalue weighted by molar-refractivity contribution is -0.384. The number of nitrogens with zero attached hydrogens (tertiary/aromatic N) is 2. The van der Waals surface area contributed by atoms with Gasteiger partial charge in [0, 0.05) is 29.8 Å². The van der Waals surface area contributed by atoms with Gasteiger partial charge in [-0.05, 0) is 30.4 Å². The molecule has 0 aromatic heterocycles. The third-order valence-corrected chi connectivity index (χ3v) is 6.19. The van der Waals surface area contributed by atoms with Crippen molar-refractivity contribution >= 4 is 23.1 Å². The van der Waals surface area contributed by atoms with Crippen LogP contribution in [0, 0.1) is 15.5 Å². The van der Waals surface area contributed by atoms with E-state index < -0.39 is 16.8 Å². The topological polar surface area (TPSA) is 116 Å². The summed E-state index contributed by atoms with van der Waals surface area (Å²) in [5.74, 6) is -1.27. The average molecular weight is 462 g/mol. The number of benzene rings is 2. The molecule has 34 heavy (non-hydrogen) atoms. The Morgan fingerprint density at radius 3 is 2.53 bits per heavy atom. The number of Topliss-reactive ketones (excluding diaryl/α,β-unsaturated/α-hetero) is 1. The monoisotopic (exact) mass is 461 g/mol. The summed E-state index contributed by atoms with van der Waals surface area (Å²) in [6, 6.07) is 15.3. The van der Waals surface area contributed by atoms with E-state index in [2.05, 4.69) is 0 Å². The molecule has 1 aliphatic carbocycles. The Morgan fingerprint density at radius 1 is 1.18 bits per heavy atom. The zero-order chi connectivity index (χ0) is 24.6. The molecule has 0 spiro atoms. The van der Waals surface area contributed by atoms with E-state index in [0.29, 0.717) is 29.8 Å². The van der Waals surface area contributed by atoms with Gasteiger partial charge in [-0.25, -0.2) is 4.79 Å². The number of ether oxygens (including phenoxy) is 1. The molecule has 1 aliphatic heterocycles. The number of hydrogen-bond donors (Lipinski definition) is 1. The van der Waals surface area contributed by atoms with Crippen molar-refractivity contribution in [2.45, 2.75) is 39.5 Å². The van der Waals surface area contributed by atoms with Gasteiger partial charge < -0.3 is 10.5 Å². The van der Waals surface area contributed by atoms with Gasteiger partial charge in [-0.2, -0.15) is 0 Å². The first kappa shape index (κ1) is 23.2. The molecule has 2 aromatic rings. The zero-order valence-electron chi connectivity index (χ0n) is 19.4. The Kier molecular flexibility index (Phi) is 6.00. The molecular weight excluding hydrogens is 434 g/mol. The van der Waals surface area contributed by atoms with Crippen LogP contribution in [0.2, 0.25) is 0 Å². The molecule has 0 radical (unpaired) electrons. The number of nitro groups is 1. The first-order valence-electron chi connectivity index (χ1n) is 11.2. The maximum Gasteiger partial charge on any atom is 0.338 e. The number of nitrogens with two attached hydrogens (primary N) is 1. The van der Waals surface area contributed by atoms with Crippen LogP contribution in [0.4, 0.5) is 11.4 Å². The number of esters is 1. The van der Waals surface area contributed by atoms with E-state index in [9.17, 15) is 19.7 Å². The second kappa shape index (κ2) is 8.78. The standard InChI is InChI=1S/C26H27N3O5/c1-4-34-25(31)23-21(16-9-6-5-7-10-16)22-19(14-26(2,3)15-20(22)30)28(24(23)27)17-11-8-12-18(13-17)29(32)33/h5-13,21H,4,14-15,27H2,1-3H3/t21-/m0/s1. The summed E-state index contributed by atoms with van der Waals surface area (Å²) < 4.78 is 5.36. The maximum absolute atomic E-state index is 13.6. The molecule has 8 heteroatoms. The van der Waals surface area contributed by atoms with Crippen molar-refractivity contribution in [2.75, 3.05) is 11.5 Å². The van der Waals surface area contributed by atoms with Crippen molar-refractivity contribution in [3.8, 4) is 0 Å². The van der Waals surface area contributed by atoms with Gasteiger partial charge in [-0.3, -0.25) is 19.8 Å². The molecule has 176 valence electrons. The number of hydrogen-bond acceptors (Lipinski definition) is 7. The summed E-state index contributed by atoms with van der Waals surface area (Å²) in [4.78, 5) is 39.4. The van der Waals surface area contributed by atoms with Crippen LogP contribution in [0.15, 0.2) is 77.3 Å². The van der Waals surface area contributed by atoms with E-state index >= 15 is 0 Å².